The number of thiazole rings is 1. The first-order valence-electron chi connectivity index (χ1n) is 7.46. The summed E-state index contributed by atoms with van der Waals surface area (Å²) < 4.78 is 10.5. The highest BCUT2D eigenvalue weighted by Gasteiger charge is 2.33. The highest BCUT2D eigenvalue weighted by molar-refractivity contribution is 7.17. The van der Waals surface area contributed by atoms with Crippen LogP contribution < -0.4 is 0 Å². The summed E-state index contributed by atoms with van der Waals surface area (Å²) in [5.74, 6) is 0.00201. The third kappa shape index (κ3) is 2.58. The molecule has 6 nitrogen and oxygen atoms in total. The van der Waals surface area contributed by atoms with Crippen molar-refractivity contribution in [1.82, 2.24) is 4.98 Å². The number of carbonyl (C=O) groups excluding carboxylic acids is 3. The number of esters is 1. The molecule has 124 valence electrons. The number of benzene rings is 1. The summed E-state index contributed by atoms with van der Waals surface area (Å²) >= 11 is 1.12. The van der Waals surface area contributed by atoms with Gasteiger partial charge in [0.25, 0.3) is 0 Å². The van der Waals surface area contributed by atoms with Gasteiger partial charge in [-0.2, -0.15) is 0 Å². The highest BCUT2D eigenvalue weighted by atomic mass is 32.1. The Labute approximate surface area is 146 Å². The van der Waals surface area contributed by atoms with Crippen molar-refractivity contribution in [3.05, 3.63) is 63.9 Å². The van der Waals surface area contributed by atoms with Gasteiger partial charge in [-0.25, -0.2) is 4.98 Å². The van der Waals surface area contributed by atoms with Gasteiger partial charge in [0, 0.05) is 18.1 Å². The fourth-order valence-electron chi connectivity index (χ4n) is 2.61. The first kappa shape index (κ1) is 15.5. The summed E-state index contributed by atoms with van der Waals surface area (Å²) in [5, 5.41) is 0.439. The quantitative estimate of drug-likeness (QED) is 0.526. The van der Waals surface area contributed by atoms with Crippen molar-refractivity contribution >= 4 is 28.9 Å². The molecule has 1 aliphatic rings. The zero-order valence-electron chi connectivity index (χ0n) is 13.1. The first-order chi connectivity index (χ1) is 12.0. The maximum atomic E-state index is 12.6. The van der Waals surface area contributed by atoms with Crippen LogP contribution in [0.3, 0.4) is 0 Å². The zero-order valence-corrected chi connectivity index (χ0v) is 13.9. The lowest BCUT2D eigenvalue weighted by atomic mass is 9.91. The minimum atomic E-state index is -0.406. The molecule has 1 aromatic carbocycles. The Bertz CT molecular complexity index is 977. The zero-order chi connectivity index (χ0) is 17.6. The Kier molecular flexibility index (Phi) is 3.58. The van der Waals surface area contributed by atoms with E-state index in [9.17, 15) is 14.4 Å². The van der Waals surface area contributed by atoms with Gasteiger partial charge in [0.1, 0.15) is 22.9 Å². The number of fused-ring (bicyclic) bond motifs is 2. The Morgan fingerprint density at radius 2 is 1.84 bits per heavy atom. The molecule has 0 saturated heterocycles. The lowest BCUT2D eigenvalue weighted by molar-refractivity contribution is -0.142. The number of nitrogens with zero attached hydrogens (tertiary/aromatic N) is 1. The Hall–Kier alpha value is -3.06. The van der Waals surface area contributed by atoms with E-state index in [1.54, 1.807) is 36.4 Å². The Morgan fingerprint density at radius 1 is 1.12 bits per heavy atom. The summed E-state index contributed by atoms with van der Waals surface area (Å²) in [5.41, 5.74) is 0.915. The summed E-state index contributed by atoms with van der Waals surface area (Å²) in [7, 11) is 0. The van der Waals surface area contributed by atoms with Gasteiger partial charge < -0.3 is 9.15 Å². The van der Waals surface area contributed by atoms with Gasteiger partial charge in [-0.15, -0.1) is 11.3 Å². The van der Waals surface area contributed by atoms with Crippen molar-refractivity contribution in [1.29, 1.82) is 0 Å². The number of ether oxygens (including phenoxy) is 1. The van der Waals surface area contributed by atoms with Gasteiger partial charge in [0.05, 0.1) is 0 Å². The lowest BCUT2D eigenvalue weighted by Crippen LogP contribution is -2.19. The molecule has 0 spiro atoms. The number of ketones is 2. The van der Waals surface area contributed by atoms with E-state index in [-0.39, 0.29) is 23.9 Å². The molecule has 0 aliphatic heterocycles. The van der Waals surface area contributed by atoms with Crippen LogP contribution in [0.4, 0.5) is 0 Å². The predicted molar refractivity (Wildman–Crippen MR) is 88.6 cm³/mol. The van der Waals surface area contributed by atoms with Crippen molar-refractivity contribution in [3.8, 4) is 10.8 Å². The van der Waals surface area contributed by atoms with E-state index in [2.05, 4.69) is 4.98 Å². The van der Waals surface area contributed by atoms with E-state index < -0.39 is 5.97 Å². The third-order valence-electron chi connectivity index (χ3n) is 3.75. The molecule has 25 heavy (non-hydrogen) atoms. The molecular weight excluding hydrogens is 342 g/mol. The molecule has 0 saturated carbocycles. The molecule has 0 bridgehead atoms. The van der Waals surface area contributed by atoms with E-state index in [0.717, 1.165) is 11.3 Å². The molecule has 4 rings (SSSR count). The molecule has 0 fully saturated rings. The number of furan rings is 1. The van der Waals surface area contributed by atoms with Gasteiger partial charge in [-0.1, -0.05) is 24.3 Å². The van der Waals surface area contributed by atoms with E-state index >= 15 is 0 Å². The average Bonchev–Trinajstić information content (AvgIpc) is 3.25. The minimum Gasteiger partial charge on any atom is -0.458 e. The molecule has 0 atom stereocenters. The first-order valence-corrected chi connectivity index (χ1v) is 8.28. The third-order valence-corrected chi connectivity index (χ3v) is 4.82. The Morgan fingerprint density at radius 3 is 2.56 bits per heavy atom. The Balaban J connectivity index is 1.70. The molecule has 2 heterocycles. The molecule has 0 amide bonds. The monoisotopic (exact) mass is 353 g/mol. The van der Waals surface area contributed by atoms with Crippen LogP contribution >= 0.6 is 11.3 Å². The molecule has 0 N–H and O–H groups in total. The molecule has 3 aromatic rings. The fourth-order valence-corrected chi connectivity index (χ4v) is 3.58. The van der Waals surface area contributed by atoms with E-state index in [4.69, 9.17) is 9.15 Å². The smallest absolute Gasteiger partial charge is 0.303 e. The van der Waals surface area contributed by atoms with Crippen molar-refractivity contribution in [2.45, 2.75) is 13.5 Å². The SMILES string of the molecule is CC(=O)OCc1ccc(-c2nc3c(s2)C(=O)c2ccccc2C3=O)o1. The van der Waals surface area contributed by atoms with E-state index in [1.807, 2.05) is 0 Å². The van der Waals surface area contributed by atoms with Crippen LogP contribution in [0.1, 0.15) is 44.0 Å². The van der Waals surface area contributed by atoms with Gasteiger partial charge in [0.15, 0.2) is 10.8 Å². The minimum absolute atomic E-state index is 0.0176. The maximum Gasteiger partial charge on any atom is 0.303 e. The normalized spacial score (nSPS) is 12.7. The maximum absolute atomic E-state index is 12.6. The standard InChI is InChI=1S/C18H11NO5S/c1-9(20)23-8-10-6-7-13(24-10)18-19-14-15(21)11-4-2-3-5-12(11)16(22)17(14)25-18/h2-7H,8H2,1H3. The van der Waals surface area contributed by atoms with E-state index in [0.29, 0.717) is 32.5 Å². The molecule has 1 aliphatic carbocycles. The molecule has 2 aromatic heterocycles. The number of hydrogen-bond donors (Lipinski definition) is 0. The second kappa shape index (κ2) is 5.78. The van der Waals surface area contributed by atoms with Gasteiger partial charge in [-0.3, -0.25) is 14.4 Å². The van der Waals surface area contributed by atoms with Crippen LogP contribution in [-0.4, -0.2) is 22.5 Å². The number of carbonyl (C=O) groups is 3. The summed E-state index contributed by atoms with van der Waals surface area (Å²) in [4.78, 5) is 40.7. The lowest BCUT2D eigenvalue weighted by Gasteiger charge is -2.11. The van der Waals surface area contributed by atoms with Gasteiger partial charge in [0.2, 0.25) is 11.6 Å². The van der Waals surface area contributed by atoms with Gasteiger partial charge in [-0.05, 0) is 12.1 Å². The van der Waals surface area contributed by atoms with E-state index in [1.165, 1.54) is 6.92 Å². The largest absolute Gasteiger partial charge is 0.458 e. The van der Waals surface area contributed by atoms with Crippen LogP contribution in [0.15, 0.2) is 40.8 Å². The van der Waals surface area contributed by atoms with Crippen molar-refractivity contribution in [3.63, 3.8) is 0 Å². The molecular formula is C18H11NO5S. The van der Waals surface area contributed by atoms with Crippen LogP contribution in [-0.2, 0) is 16.1 Å². The van der Waals surface area contributed by atoms with Crippen molar-refractivity contribution in [2.75, 3.05) is 0 Å². The summed E-state index contributed by atoms with van der Waals surface area (Å²) in [6, 6.07) is 10.0. The fraction of sp³-hybridized carbons (Fsp3) is 0.111. The highest BCUT2D eigenvalue weighted by Crippen LogP contribution is 2.35. The van der Waals surface area contributed by atoms with Crippen LogP contribution in [0, 0.1) is 0 Å². The van der Waals surface area contributed by atoms with Gasteiger partial charge >= 0.3 is 5.97 Å². The number of aromatic nitrogens is 1. The number of hydrogen-bond acceptors (Lipinski definition) is 7. The topological polar surface area (TPSA) is 86.5 Å². The average molecular weight is 353 g/mol. The molecule has 7 heteroatoms. The van der Waals surface area contributed by atoms with Crippen molar-refractivity contribution in [2.24, 2.45) is 0 Å². The van der Waals surface area contributed by atoms with Crippen LogP contribution in [0.25, 0.3) is 10.8 Å². The summed E-state index contributed by atoms with van der Waals surface area (Å²) in [6.07, 6.45) is 0. The molecule has 0 radical (unpaired) electrons. The second-order valence-electron chi connectivity index (χ2n) is 5.45. The molecule has 0 unspecified atom stereocenters. The predicted octanol–water partition coefficient (Wildman–Crippen LogP) is 3.24. The van der Waals surface area contributed by atoms with Crippen LogP contribution in [0.2, 0.25) is 0 Å². The van der Waals surface area contributed by atoms with Crippen LogP contribution in [0.5, 0.6) is 0 Å². The summed E-state index contributed by atoms with van der Waals surface area (Å²) in [6.45, 7) is 1.33. The number of rotatable bonds is 3. The van der Waals surface area contributed by atoms with Crippen molar-refractivity contribution < 1.29 is 23.5 Å². The second-order valence-corrected chi connectivity index (χ2v) is 6.45.